The van der Waals surface area contributed by atoms with E-state index in [1.165, 1.54) is 0 Å². The molecule has 0 fully saturated rings. The van der Waals surface area contributed by atoms with Gasteiger partial charge in [0.1, 0.15) is 0 Å². The number of aromatic nitrogens is 1. The number of hydrogen-bond acceptors (Lipinski definition) is 2. The fraction of sp³-hybridized carbons (Fsp3) is 0.250. The van der Waals surface area contributed by atoms with Crippen LogP contribution < -0.4 is 5.56 Å². The predicted octanol–water partition coefficient (Wildman–Crippen LogP) is 1.86. The van der Waals surface area contributed by atoms with Crippen molar-refractivity contribution in [3.8, 4) is 0 Å². The standard InChI is InChI=1S/C8H6ClF2NO2/c9-1-4-6(3-13)5(7(10)11)2-12-8(4)14/h2-3,7H,1H2,(H,12,14). The summed E-state index contributed by atoms with van der Waals surface area (Å²) in [6, 6.07) is 0. The Bertz CT molecular complexity index is 403. The molecule has 1 N–H and O–H groups in total. The number of carbonyl (C=O) groups is 1. The van der Waals surface area contributed by atoms with E-state index < -0.39 is 17.5 Å². The minimum atomic E-state index is -2.81. The fourth-order valence-electron chi connectivity index (χ4n) is 1.06. The third-order valence-electron chi connectivity index (χ3n) is 1.76. The van der Waals surface area contributed by atoms with Crippen LogP contribution >= 0.6 is 11.6 Å². The van der Waals surface area contributed by atoms with Gasteiger partial charge in [0.25, 0.3) is 12.0 Å². The monoisotopic (exact) mass is 221 g/mol. The van der Waals surface area contributed by atoms with Crippen molar-refractivity contribution in [1.82, 2.24) is 4.98 Å². The Hall–Kier alpha value is -1.23. The highest BCUT2D eigenvalue weighted by Gasteiger charge is 2.17. The van der Waals surface area contributed by atoms with Crippen molar-refractivity contribution in [2.75, 3.05) is 0 Å². The summed E-state index contributed by atoms with van der Waals surface area (Å²) in [5.74, 6) is -0.274. The second-order valence-corrected chi connectivity index (χ2v) is 2.78. The van der Waals surface area contributed by atoms with Crippen LogP contribution in [0, 0.1) is 0 Å². The molecule has 0 aliphatic carbocycles. The van der Waals surface area contributed by atoms with Crippen molar-refractivity contribution in [3.05, 3.63) is 33.2 Å². The summed E-state index contributed by atoms with van der Waals surface area (Å²) in [7, 11) is 0. The van der Waals surface area contributed by atoms with E-state index in [0.29, 0.717) is 0 Å². The Morgan fingerprint density at radius 1 is 1.57 bits per heavy atom. The SMILES string of the molecule is O=Cc1c(C(F)F)c[nH]c(=O)c1CCl. The molecule has 0 bridgehead atoms. The highest BCUT2D eigenvalue weighted by atomic mass is 35.5. The van der Waals surface area contributed by atoms with Crippen molar-refractivity contribution < 1.29 is 13.6 Å². The van der Waals surface area contributed by atoms with E-state index in [1.807, 2.05) is 0 Å². The molecular formula is C8H6ClF2NO2. The van der Waals surface area contributed by atoms with Crippen LogP contribution in [0.4, 0.5) is 8.78 Å². The zero-order valence-corrected chi connectivity index (χ0v) is 7.65. The number of H-pyrrole nitrogens is 1. The number of carbonyl (C=O) groups excluding carboxylic acids is 1. The second-order valence-electron chi connectivity index (χ2n) is 2.52. The van der Waals surface area contributed by atoms with Crippen molar-refractivity contribution in [1.29, 1.82) is 0 Å². The van der Waals surface area contributed by atoms with Crippen molar-refractivity contribution >= 4 is 17.9 Å². The number of hydrogen-bond donors (Lipinski definition) is 1. The first-order valence-corrected chi connectivity index (χ1v) is 4.19. The van der Waals surface area contributed by atoms with Crippen LogP contribution in [0.15, 0.2) is 11.0 Å². The van der Waals surface area contributed by atoms with Crippen molar-refractivity contribution in [3.63, 3.8) is 0 Å². The molecule has 76 valence electrons. The van der Waals surface area contributed by atoms with Crippen LogP contribution in [0.1, 0.15) is 27.9 Å². The van der Waals surface area contributed by atoms with Gasteiger partial charge in [0.05, 0.1) is 5.88 Å². The molecule has 0 aromatic carbocycles. The maximum atomic E-state index is 12.3. The predicted molar refractivity (Wildman–Crippen MR) is 47.0 cm³/mol. The molecule has 1 aromatic heterocycles. The van der Waals surface area contributed by atoms with Crippen LogP contribution in [0.25, 0.3) is 0 Å². The lowest BCUT2D eigenvalue weighted by atomic mass is 10.1. The number of aldehydes is 1. The van der Waals surface area contributed by atoms with Gasteiger partial charge in [-0.1, -0.05) is 0 Å². The first kappa shape index (κ1) is 10.8. The average Bonchev–Trinajstić information content (AvgIpc) is 2.16. The van der Waals surface area contributed by atoms with Gasteiger partial charge < -0.3 is 4.98 Å². The second kappa shape index (κ2) is 4.32. The lowest BCUT2D eigenvalue weighted by Crippen LogP contribution is -2.16. The van der Waals surface area contributed by atoms with E-state index in [9.17, 15) is 18.4 Å². The zero-order valence-electron chi connectivity index (χ0n) is 6.89. The molecular weight excluding hydrogens is 216 g/mol. The van der Waals surface area contributed by atoms with E-state index in [-0.39, 0.29) is 23.3 Å². The highest BCUT2D eigenvalue weighted by molar-refractivity contribution is 6.17. The van der Waals surface area contributed by atoms with Crippen LogP contribution in [-0.2, 0) is 5.88 Å². The van der Waals surface area contributed by atoms with E-state index in [0.717, 1.165) is 6.20 Å². The number of rotatable bonds is 3. The van der Waals surface area contributed by atoms with Gasteiger partial charge in [0.15, 0.2) is 6.29 Å². The van der Waals surface area contributed by atoms with Gasteiger partial charge in [-0.2, -0.15) is 0 Å². The van der Waals surface area contributed by atoms with Crippen molar-refractivity contribution in [2.24, 2.45) is 0 Å². The Kier molecular flexibility index (Phi) is 3.35. The van der Waals surface area contributed by atoms with Crippen molar-refractivity contribution in [2.45, 2.75) is 12.3 Å². The van der Waals surface area contributed by atoms with Crippen LogP contribution in [-0.4, -0.2) is 11.3 Å². The summed E-state index contributed by atoms with van der Waals surface area (Å²) < 4.78 is 24.7. The molecule has 0 saturated heterocycles. The Balaban J connectivity index is 3.48. The summed E-state index contributed by atoms with van der Waals surface area (Å²) in [4.78, 5) is 23.7. The normalized spacial score (nSPS) is 10.6. The van der Waals surface area contributed by atoms with E-state index in [1.54, 1.807) is 0 Å². The molecule has 14 heavy (non-hydrogen) atoms. The van der Waals surface area contributed by atoms with Gasteiger partial charge in [-0.15, -0.1) is 11.6 Å². The quantitative estimate of drug-likeness (QED) is 0.626. The van der Waals surface area contributed by atoms with Crippen LogP contribution in [0.3, 0.4) is 0 Å². The molecule has 6 heteroatoms. The Morgan fingerprint density at radius 2 is 2.21 bits per heavy atom. The van der Waals surface area contributed by atoms with E-state index in [4.69, 9.17) is 11.6 Å². The average molecular weight is 222 g/mol. The summed E-state index contributed by atoms with van der Waals surface area (Å²) in [6.07, 6.45) is -1.77. The number of pyridine rings is 1. The Labute approximate surface area is 82.7 Å². The molecule has 0 radical (unpaired) electrons. The number of nitrogens with one attached hydrogen (secondary N) is 1. The maximum Gasteiger partial charge on any atom is 0.265 e. The smallest absolute Gasteiger partial charge is 0.265 e. The number of halogens is 3. The van der Waals surface area contributed by atoms with Gasteiger partial charge in [0.2, 0.25) is 0 Å². The molecule has 0 unspecified atom stereocenters. The maximum absolute atomic E-state index is 12.3. The third-order valence-corrected chi connectivity index (χ3v) is 2.02. The fourth-order valence-corrected chi connectivity index (χ4v) is 1.32. The highest BCUT2D eigenvalue weighted by Crippen LogP contribution is 2.22. The molecule has 0 aliphatic rings. The molecule has 0 spiro atoms. The van der Waals surface area contributed by atoms with Crippen LogP contribution in [0.5, 0.6) is 0 Å². The zero-order chi connectivity index (χ0) is 10.7. The number of aromatic amines is 1. The molecule has 3 nitrogen and oxygen atoms in total. The summed E-state index contributed by atoms with van der Waals surface area (Å²) in [6.45, 7) is 0. The Morgan fingerprint density at radius 3 is 2.64 bits per heavy atom. The van der Waals surface area contributed by atoms with E-state index in [2.05, 4.69) is 4.98 Å². The topological polar surface area (TPSA) is 49.9 Å². The first-order chi connectivity index (χ1) is 6.61. The summed E-state index contributed by atoms with van der Waals surface area (Å²) >= 11 is 5.37. The van der Waals surface area contributed by atoms with E-state index >= 15 is 0 Å². The molecule has 0 aliphatic heterocycles. The molecule has 1 aromatic rings. The molecule has 1 heterocycles. The van der Waals surface area contributed by atoms with Gasteiger partial charge >= 0.3 is 0 Å². The molecule has 1 rings (SSSR count). The van der Waals surface area contributed by atoms with Gasteiger partial charge in [-0.25, -0.2) is 8.78 Å². The minimum Gasteiger partial charge on any atom is -0.328 e. The van der Waals surface area contributed by atoms with Gasteiger partial charge in [-0.05, 0) is 0 Å². The molecule has 0 amide bonds. The largest absolute Gasteiger partial charge is 0.328 e. The number of alkyl halides is 3. The molecule has 0 saturated carbocycles. The summed E-state index contributed by atoms with van der Waals surface area (Å²) in [5.41, 5.74) is -1.57. The minimum absolute atomic E-state index is 0.125. The third kappa shape index (κ3) is 1.82. The lowest BCUT2D eigenvalue weighted by Gasteiger charge is -2.05. The lowest BCUT2D eigenvalue weighted by molar-refractivity contribution is 0.110. The summed E-state index contributed by atoms with van der Waals surface area (Å²) in [5, 5.41) is 0. The first-order valence-electron chi connectivity index (χ1n) is 3.65. The van der Waals surface area contributed by atoms with Gasteiger partial charge in [0, 0.05) is 22.9 Å². The molecule has 0 atom stereocenters. The van der Waals surface area contributed by atoms with Crippen LogP contribution in [0.2, 0.25) is 0 Å². The van der Waals surface area contributed by atoms with Gasteiger partial charge in [-0.3, -0.25) is 9.59 Å².